The first kappa shape index (κ1) is 34.2. The molecule has 3 heteroatoms. The molecule has 0 fully saturated rings. The molecule has 0 aliphatic carbocycles. The number of para-hydroxylation sites is 2. The van der Waals surface area contributed by atoms with Crippen LogP contribution >= 0.6 is 0 Å². The lowest BCUT2D eigenvalue weighted by Crippen LogP contribution is -2.72. The highest BCUT2D eigenvalue weighted by Gasteiger charge is 2.48. The third-order valence-electron chi connectivity index (χ3n) is 13.4. The van der Waals surface area contributed by atoms with Crippen LogP contribution in [-0.2, 0) is 0 Å². The molecule has 0 saturated heterocycles. The van der Waals surface area contributed by atoms with E-state index in [0.717, 1.165) is 0 Å². The fourth-order valence-electron chi connectivity index (χ4n) is 10.7. The first-order chi connectivity index (χ1) is 30.3. The number of aromatic nitrogens is 2. The van der Waals surface area contributed by atoms with Crippen molar-refractivity contribution in [1.29, 1.82) is 0 Å². The van der Waals surface area contributed by atoms with Crippen molar-refractivity contribution in [2.75, 3.05) is 0 Å². The lowest BCUT2D eigenvalue weighted by Gasteiger charge is -2.31. The molecule has 2 nitrogen and oxygen atoms in total. The first-order valence-electron chi connectivity index (χ1n) is 21.2. The normalized spacial score (nSPS) is 13.0. The summed E-state index contributed by atoms with van der Waals surface area (Å²) in [6, 6.07) is 86.1. The van der Waals surface area contributed by atoms with Crippen molar-refractivity contribution in [1.82, 2.24) is 9.13 Å². The summed E-state index contributed by atoms with van der Waals surface area (Å²) in [5.41, 5.74) is 12.3. The molecule has 13 rings (SSSR count). The Kier molecular flexibility index (Phi) is 7.36. The molecule has 284 valence electrons. The molecule has 0 bridgehead atoms. The summed E-state index contributed by atoms with van der Waals surface area (Å²) in [4.78, 5) is 0. The van der Waals surface area contributed by atoms with Gasteiger partial charge in [-0.2, -0.15) is 0 Å². The smallest absolute Gasteiger partial charge is 0.180 e. The Balaban J connectivity index is 1.00. The number of hydrogen-bond donors (Lipinski definition) is 0. The van der Waals surface area contributed by atoms with Crippen LogP contribution in [0.15, 0.2) is 231 Å². The van der Waals surface area contributed by atoms with Gasteiger partial charge in [-0.25, -0.2) is 0 Å². The molecular formula is C58H38N2Si. The summed E-state index contributed by atoms with van der Waals surface area (Å²) in [7, 11) is -2.59. The van der Waals surface area contributed by atoms with Gasteiger partial charge in [-0.1, -0.05) is 164 Å². The van der Waals surface area contributed by atoms with Gasteiger partial charge in [0.25, 0.3) is 0 Å². The largest absolute Gasteiger partial charge is 0.309 e. The van der Waals surface area contributed by atoms with Crippen molar-refractivity contribution >= 4 is 83.2 Å². The summed E-state index contributed by atoms with van der Waals surface area (Å²) >= 11 is 0. The van der Waals surface area contributed by atoms with E-state index >= 15 is 0 Å². The molecule has 0 amide bonds. The van der Waals surface area contributed by atoms with Gasteiger partial charge in [0.05, 0.1) is 22.1 Å². The highest BCUT2D eigenvalue weighted by molar-refractivity contribution is 7.22. The lowest BCUT2D eigenvalue weighted by molar-refractivity contribution is 1.18. The van der Waals surface area contributed by atoms with Crippen LogP contribution in [0.25, 0.3) is 88.0 Å². The number of hydrogen-bond acceptors (Lipinski definition) is 0. The van der Waals surface area contributed by atoms with E-state index < -0.39 is 8.07 Å². The minimum atomic E-state index is -2.59. The second-order valence-electron chi connectivity index (χ2n) is 16.5. The van der Waals surface area contributed by atoms with E-state index in [1.807, 2.05) is 0 Å². The van der Waals surface area contributed by atoms with Crippen LogP contribution in [0, 0.1) is 0 Å². The van der Waals surface area contributed by atoms with Crippen molar-refractivity contribution in [3.8, 4) is 33.6 Å². The lowest BCUT2D eigenvalue weighted by atomic mass is 10.00. The van der Waals surface area contributed by atoms with E-state index in [0.29, 0.717) is 0 Å². The first-order valence-corrected chi connectivity index (χ1v) is 23.2. The molecule has 12 aromatic rings. The Morgan fingerprint density at radius 2 is 0.738 bits per heavy atom. The summed E-state index contributed by atoms with van der Waals surface area (Å²) in [6.07, 6.45) is 0. The van der Waals surface area contributed by atoms with Crippen LogP contribution in [0.5, 0.6) is 0 Å². The van der Waals surface area contributed by atoms with Gasteiger partial charge < -0.3 is 9.13 Å². The molecule has 0 unspecified atom stereocenters. The highest BCUT2D eigenvalue weighted by atomic mass is 28.3. The Labute approximate surface area is 354 Å². The van der Waals surface area contributed by atoms with E-state index in [9.17, 15) is 0 Å². The summed E-state index contributed by atoms with van der Waals surface area (Å²) in [5.74, 6) is 0. The second kappa shape index (κ2) is 13.1. The number of benzene rings is 10. The van der Waals surface area contributed by atoms with Crippen LogP contribution in [0.4, 0.5) is 0 Å². The van der Waals surface area contributed by atoms with E-state index in [1.165, 1.54) is 109 Å². The minimum absolute atomic E-state index is 1.17. The van der Waals surface area contributed by atoms with Gasteiger partial charge in [0, 0.05) is 32.9 Å². The second-order valence-corrected chi connectivity index (χ2v) is 20.2. The fraction of sp³-hybridized carbons (Fsp3) is 0. The minimum Gasteiger partial charge on any atom is -0.309 e. The predicted molar refractivity (Wildman–Crippen MR) is 261 cm³/mol. The van der Waals surface area contributed by atoms with E-state index in [2.05, 4.69) is 240 Å². The zero-order valence-electron chi connectivity index (χ0n) is 33.3. The maximum Gasteiger partial charge on any atom is 0.180 e. The van der Waals surface area contributed by atoms with Crippen molar-refractivity contribution in [3.63, 3.8) is 0 Å². The molecule has 1 aliphatic heterocycles. The van der Waals surface area contributed by atoms with E-state index in [4.69, 9.17) is 0 Å². The summed E-state index contributed by atoms with van der Waals surface area (Å²) in [5, 5.41) is 13.3. The molecule has 0 N–H and O–H groups in total. The third kappa shape index (κ3) is 4.90. The zero-order chi connectivity index (χ0) is 40.1. The van der Waals surface area contributed by atoms with E-state index in [1.54, 1.807) is 0 Å². The van der Waals surface area contributed by atoms with Crippen molar-refractivity contribution in [2.45, 2.75) is 0 Å². The molecule has 10 aromatic carbocycles. The Morgan fingerprint density at radius 1 is 0.279 bits per heavy atom. The fourth-order valence-corrected chi connectivity index (χ4v) is 15.9. The van der Waals surface area contributed by atoms with E-state index in [-0.39, 0.29) is 0 Å². The zero-order valence-corrected chi connectivity index (χ0v) is 34.3. The van der Waals surface area contributed by atoms with Crippen molar-refractivity contribution in [2.24, 2.45) is 0 Å². The summed E-state index contributed by atoms with van der Waals surface area (Å²) in [6.45, 7) is 0. The topological polar surface area (TPSA) is 9.86 Å². The molecule has 0 spiro atoms. The predicted octanol–water partition coefficient (Wildman–Crippen LogP) is 12.1. The Bertz CT molecular complexity index is 3640. The van der Waals surface area contributed by atoms with Gasteiger partial charge in [-0.05, 0) is 121 Å². The molecule has 0 radical (unpaired) electrons. The molecule has 2 aromatic heterocycles. The van der Waals surface area contributed by atoms with Crippen LogP contribution < -0.4 is 20.7 Å². The molecule has 0 atom stereocenters. The Hall–Kier alpha value is -7.72. The quantitative estimate of drug-likeness (QED) is 0.154. The van der Waals surface area contributed by atoms with Gasteiger partial charge in [0.15, 0.2) is 8.07 Å². The molecule has 1 aliphatic rings. The standard InChI is InChI=1S/C58H38N2Si/c1-3-17-43(18-4-1)59-53-24-12-9-21-47(53)50-36-41(27-33-54(50)59)42-28-34-55-51(37-42)52-35-39-15-7-8-16-40(39)38-56(52)60(55)44-29-31-46(32-30-44)61(45-19-5-2-6-20-45)57-25-13-10-22-48(57)49-23-11-14-26-58(49)61/h1-38H. The number of nitrogens with zero attached hydrogens (tertiary/aromatic N) is 2. The molecule has 61 heavy (non-hydrogen) atoms. The SMILES string of the molecule is c1ccc(-n2c3ccccc3c3cc(-c4ccc5c(c4)c4cc6ccccc6cc4n5-c4ccc([Si]5(c6ccccc6)c6ccccc6-c6ccccc65)cc4)ccc32)cc1. The average Bonchev–Trinajstić information content (AvgIpc) is 3.95. The third-order valence-corrected chi connectivity index (χ3v) is 18.3. The van der Waals surface area contributed by atoms with Crippen LogP contribution in [-0.4, -0.2) is 17.2 Å². The van der Waals surface area contributed by atoms with Crippen molar-refractivity contribution < 1.29 is 0 Å². The highest BCUT2D eigenvalue weighted by Crippen LogP contribution is 2.39. The van der Waals surface area contributed by atoms with Gasteiger partial charge in [0.2, 0.25) is 0 Å². The molecule has 0 saturated carbocycles. The van der Waals surface area contributed by atoms with Gasteiger partial charge in [-0.3, -0.25) is 0 Å². The maximum absolute atomic E-state index is 2.59. The number of rotatable bonds is 5. The summed E-state index contributed by atoms with van der Waals surface area (Å²) < 4.78 is 4.87. The van der Waals surface area contributed by atoms with Gasteiger partial charge in [0.1, 0.15) is 0 Å². The molecule has 3 heterocycles. The van der Waals surface area contributed by atoms with Crippen LogP contribution in [0.1, 0.15) is 0 Å². The Morgan fingerprint density at radius 3 is 1.41 bits per heavy atom. The monoisotopic (exact) mass is 790 g/mol. The van der Waals surface area contributed by atoms with Crippen LogP contribution in [0.3, 0.4) is 0 Å². The van der Waals surface area contributed by atoms with Crippen molar-refractivity contribution in [3.05, 3.63) is 231 Å². The van der Waals surface area contributed by atoms with Gasteiger partial charge in [-0.15, -0.1) is 0 Å². The number of fused-ring (bicyclic) bond motifs is 10. The van der Waals surface area contributed by atoms with Gasteiger partial charge >= 0.3 is 0 Å². The maximum atomic E-state index is 2.48. The molecular weight excluding hydrogens is 753 g/mol. The van der Waals surface area contributed by atoms with Crippen LogP contribution in [0.2, 0.25) is 0 Å². The average molecular weight is 791 g/mol.